The molecule has 0 radical (unpaired) electrons. The van der Waals surface area contributed by atoms with Gasteiger partial charge < -0.3 is 4.74 Å². The van der Waals surface area contributed by atoms with E-state index in [1.807, 2.05) is 0 Å². The lowest BCUT2D eigenvalue weighted by atomic mass is 10.00. The Kier molecular flexibility index (Phi) is 4.97. The molecule has 0 saturated heterocycles. The van der Waals surface area contributed by atoms with Gasteiger partial charge in [-0.2, -0.15) is 0 Å². The van der Waals surface area contributed by atoms with Crippen LogP contribution in [0.25, 0.3) is 0 Å². The van der Waals surface area contributed by atoms with Crippen LogP contribution in [0.15, 0.2) is 18.2 Å². The number of ketones is 1. The van der Waals surface area contributed by atoms with E-state index in [1.54, 1.807) is 19.1 Å². The molecular weight excluding hydrogens is 263 g/mol. The molecule has 0 heterocycles. The SMILES string of the molecule is COC(=O)C(C)CC(=O)c1ccc(Cl)cc1Cl. The summed E-state index contributed by atoms with van der Waals surface area (Å²) in [5.41, 5.74) is 0.367. The molecule has 0 aliphatic carbocycles. The molecule has 1 atom stereocenters. The molecule has 0 bridgehead atoms. The topological polar surface area (TPSA) is 43.4 Å². The van der Waals surface area contributed by atoms with E-state index in [2.05, 4.69) is 4.74 Å². The summed E-state index contributed by atoms with van der Waals surface area (Å²) in [6.45, 7) is 1.63. The number of ether oxygens (including phenoxy) is 1. The fourth-order valence-electron chi connectivity index (χ4n) is 1.39. The summed E-state index contributed by atoms with van der Waals surface area (Å²) in [4.78, 5) is 23.1. The van der Waals surface area contributed by atoms with Gasteiger partial charge in [0.15, 0.2) is 5.78 Å². The lowest BCUT2D eigenvalue weighted by molar-refractivity contribution is -0.144. The van der Waals surface area contributed by atoms with Crippen LogP contribution in [0, 0.1) is 5.92 Å². The molecule has 0 aromatic heterocycles. The minimum Gasteiger partial charge on any atom is -0.469 e. The Labute approximate surface area is 110 Å². The van der Waals surface area contributed by atoms with Crippen molar-refractivity contribution in [1.82, 2.24) is 0 Å². The fourth-order valence-corrected chi connectivity index (χ4v) is 1.90. The van der Waals surface area contributed by atoms with Gasteiger partial charge >= 0.3 is 5.97 Å². The lowest BCUT2D eigenvalue weighted by Gasteiger charge is -2.09. The van der Waals surface area contributed by atoms with E-state index in [0.29, 0.717) is 15.6 Å². The second-order valence-corrected chi connectivity index (χ2v) is 4.52. The summed E-state index contributed by atoms with van der Waals surface area (Å²) >= 11 is 11.6. The molecular formula is C12H12Cl2O3. The molecule has 0 spiro atoms. The first kappa shape index (κ1) is 14.0. The molecule has 5 heteroatoms. The summed E-state index contributed by atoms with van der Waals surface area (Å²) in [5.74, 6) is -1.10. The van der Waals surface area contributed by atoms with Crippen LogP contribution in [0.1, 0.15) is 23.7 Å². The fraction of sp³-hybridized carbons (Fsp3) is 0.333. The molecule has 0 saturated carbocycles. The molecule has 92 valence electrons. The second-order valence-electron chi connectivity index (χ2n) is 3.68. The van der Waals surface area contributed by atoms with E-state index >= 15 is 0 Å². The van der Waals surface area contributed by atoms with E-state index in [4.69, 9.17) is 23.2 Å². The first-order valence-electron chi connectivity index (χ1n) is 5.01. The molecule has 1 unspecified atom stereocenters. The van der Waals surface area contributed by atoms with Crippen LogP contribution in [0.3, 0.4) is 0 Å². The average Bonchev–Trinajstić information content (AvgIpc) is 2.27. The van der Waals surface area contributed by atoms with E-state index in [9.17, 15) is 9.59 Å². The van der Waals surface area contributed by atoms with E-state index < -0.39 is 11.9 Å². The Bertz CT molecular complexity index is 443. The number of rotatable bonds is 4. The lowest BCUT2D eigenvalue weighted by Crippen LogP contribution is -2.17. The molecule has 0 N–H and O–H groups in total. The molecule has 1 rings (SSSR count). The van der Waals surface area contributed by atoms with Crippen LogP contribution < -0.4 is 0 Å². The number of halogens is 2. The maximum atomic E-state index is 11.9. The van der Waals surface area contributed by atoms with Crippen molar-refractivity contribution in [2.75, 3.05) is 7.11 Å². The third-order valence-corrected chi connectivity index (χ3v) is 2.87. The standard InChI is InChI=1S/C12H12Cl2O3/c1-7(12(16)17-2)5-11(15)9-4-3-8(13)6-10(9)14/h3-4,6-7H,5H2,1-2H3. The van der Waals surface area contributed by atoms with Gasteiger partial charge in [-0.1, -0.05) is 30.1 Å². The summed E-state index contributed by atoms with van der Waals surface area (Å²) in [6, 6.07) is 4.64. The zero-order valence-corrected chi connectivity index (χ0v) is 11.0. The summed E-state index contributed by atoms with van der Waals surface area (Å²) in [6.07, 6.45) is 0.0635. The third-order valence-electron chi connectivity index (χ3n) is 2.33. The molecule has 17 heavy (non-hydrogen) atoms. The highest BCUT2D eigenvalue weighted by Gasteiger charge is 2.19. The van der Waals surface area contributed by atoms with Gasteiger partial charge in [0, 0.05) is 17.0 Å². The van der Waals surface area contributed by atoms with Crippen molar-refractivity contribution >= 4 is 35.0 Å². The van der Waals surface area contributed by atoms with Gasteiger partial charge in [0.05, 0.1) is 18.1 Å². The van der Waals surface area contributed by atoms with Crippen molar-refractivity contribution < 1.29 is 14.3 Å². The molecule has 3 nitrogen and oxygen atoms in total. The molecule has 1 aromatic rings. The van der Waals surface area contributed by atoms with Crippen LogP contribution in [0.2, 0.25) is 10.0 Å². The highest BCUT2D eigenvalue weighted by Crippen LogP contribution is 2.23. The molecule has 0 aliphatic heterocycles. The second kappa shape index (κ2) is 6.03. The van der Waals surface area contributed by atoms with Crippen LogP contribution in [-0.4, -0.2) is 18.9 Å². The first-order chi connectivity index (χ1) is 7.95. The number of carbonyl (C=O) groups is 2. The monoisotopic (exact) mass is 274 g/mol. The highest BCUT2D eigenvalue weighted by atomic mass is 35.5. The van der Waals surface area contributed by atoms with E-state index in [1.165, 1.54) is 13.2 Å². The summed E-state index contributed by atoms with van der Waals surface area (Å²) in [5, 5.41) is 0.757. The first-order valence-corrected chi connectivity index (χ1v) is 5.77. The van der Waals surface area contributed by atoms with Crippen molar-refractivity contribution in [3.8, 4) is 0 Å². The van der Waals surface area contributed by atoms with Gasteiger partial charge in [-0.05, 0) is 18.2 Å². The van der Waals surface area contributed by atoms with Gasteiger partial charge in [-0.3, -0.25) is 9.59 Å². The molecule has 1 aromatic carbocycles. The Morgan fingerprint density at radius 1 is 1.35 bits per heavy atom. The Morgan fingerprint density at radius 2 is 2.00 bits per heavy atom. The summed E-state index contributed by atoms with van der Waals surface area (Å²) in [7, 11) is 1.29. The van der Waals surface area contributed by atoms with Crippen molar-refractivity contribution in [2.45, 2.75) is 13.3 Å². The van der Waals surface area contributed by atoms with Crippen molar-refractivity contribution in [3.05, 3.63) is 33.8 Å². The number of carbonyl (C=O) groups excluding carboxylic acids is 2. The largest absolute Gasteiger partial charge is 0.469 e. The van der Waals surface area contributed by atoms with Gasteiger partial charge in [-0.15, -0.1) is 0 Å². The van der Waals surface area contributed by atoms with Crippen LogP contribution in [0.5, 0.6) is 0 Å². The van der Waals surface area contributed by atoms with Gasteiger partial charge in [0.2, 0.25) is 0 Å². The summed E-state index contributed by atoms with van der Waals surface area (Å²) < 4.78 is 4.55. The molecule has 0 aliphatic rings. The van der Waals surface area contributed by atoms with Crippen molar-refractivity contribution in [3.63, 3.8) is 0 Å². The van der Waals surface area contributed by atoms with Gasteiger partial charge in [-0.25, -0.2) is 0 Å². The molecule has 0 amide bonds. The Balaban J connectivity index is 2.80. The van der Waals surface area contributed by atoms with Crippen molar-refractivity contribution in [1.29, 1.82) is 0 Å². The minimum absolute atomic E-state index is 0.0635. The number of methoxy groups -OCH3 is 1. The average molecular weight is 275 g/mol. The molecule has 0 fully saturated rings. The number of esters is 1. The smallest absolute Gasteiger partial charge is 0.308 e. The third kappa shape index (κ3) is 3.72. The predicted octanol–water partition coefficient (Wildman–Crippen LogP) is 3.38. The number of hydrogen-bond acceptors (Lipinski definition) is 3. The quantitative estimate of drug-likeness (QED) is 0.625. The van der Waals surface area contributed by atoms with E-state index in [-0.39, 0.29) is 12.2 Å². The highest BCUT2D eigenvalue weighted by molar-refractivity contribution is 6.36. The zero-order chi connectivity index (χ0) is 13.0. The van der Waals surface area contributed by atoms with Crippen LogP contribution >= 0.6 is 23.2 Å². The zero-order valence-electron chi connectivity index (χ0n) is 9.50. The number of Topliss-reactive ketones (excluding diaryl/α,β-unsaturated/α-hetero) is 1. The maximum Gasteiger partial charge on any atom is 0.308 e. The normalized spacial score (nSPS) is 12.0. The maximum absolute atomic E-state index is 11.9. The number of hydrogen-bond donors (Lipinski definition) is 0. The van der Waals surface area contributed by atoms with Crippen LogP contribution in [0.4, 0.5) is 0 Å². The predicted molar refractivity (Wildman–Crippen MR) is 66.6 cm³/mol. The van der Waals surface area contributed by atoms with Crippen molar-refractivity contribution in [2.24, 2.45) is 5.92 Å². The van der Waals surface area contributed by atoms with Crippen LogP contribution in [-0.2, 0) is 9.53 Å². The van der Waals surface area contributed by atoms with E-state index in [0.717, 1.165) is 0 Å². The Hall–Kier alpha value is -1.06. The van der Waals surface area contributed by atoms with Gasteiger partial charge in [0.1, 0.15) is 0 Å². The van der Waals surface area contributed by atoms with Gasteiger partial charge in [0.25, 0.3) is 0 Å². The minimum atomic E-state index is -0.487. The Morgan fingerprint density at radius 3 is 2.53 bits per heavy atom. The number of benzene rings is 1.